The number of H-pyrrole nitrogens is 4. The Labute approximate surface area is 250 Å². The van der Waals surface area contributed by atoms with Crippen LogP contribution in [0.2, 0.25) is 0 Å². The topological polar surface area (TPSA) is 88.9 Å². The van der Waals surface area contributed by atoms with E-state index >= 15 is 0 Å². The first-order valence-electron chi connectivity index (χ1n) is 12.0. The predicted octanol–water partition coefficient (Wildman–Crippen LogP) is 1.92. The molecule has 2 aliphatic rings. The third-order valence-electron chi connectivity index (χ3n) is 6.87. The average molecular weight is 544 g/mol. The van der Waals surface area contributed by atoms with Crippen molar-refractivity contribution < 1.29 is 0 Å². The second-order valence-corrected chi connectivity index (χ2v) is 11.5. The fourth-order valence-corrected chi connectivity index (χ4v) is 6.04. The SMILES string of the molecule is [Al][c]1c2nc([c]([Al])c3ccc([nH]3)c3ccc([nH]3)[c]([Al])c3ccc([nH]3)[c]([Al])c3ccc([nH]3)c3nc1C=C3)C=C2. The molecule has 0 atom stereocenters. The van der Waals surface area contributed by atoms with Gasteiger partial charge in [-0.05, 0) is 72.8 Å². The van der Waals surface area contributed by atoms with Gasteiger partial charge in [0.2, 0.25) is 0 Å². The van der Waals surface area contributed by atoms with Crippen LogP contribution in [0, 0.1) is 0 Å². The van der Waals surface area contributed by atoms with Crippen molar-refractivity contribution in [3.63, 3.8) is 0 Å². The van der Waals surface area contributed by atoms with Crippen LogP contribution in [-0.2, 0) is 0 Å². The summed E-state index contributed by atoms with van der Waals surface area (Å²) in [5.74, 6) is 0. The summed E-state index contributed by atoms with van der Waals surface area (Å²) in [5, 5.41) is 0. The Morgan fingerprint density at radius 2 is 0.658 bits per heavy atom. The Balaban J connectivity index is 1.57. The van der Waals surface area contributed by atoms with Gasteiger partial charge < -0.3 is 19.9 Å². The van der Waals surface area contributed by atoms with Crippen molar-refractivity contribution in [2.45, 2.75) is 0 Å². The van der Waals surface area contributed by atoms with E-state index in [1.54, 1.807) is 0 Å². The van der Waals surface area contributed by atoms with Gasteiger partial charge in [0, 0.05) is 27.6 Å². The van der Waals surface area contributed by atoms with Crippen molar-refractivity contribution in [3.05, 3.63) is 71.3 Å². The highest BCUT2D eigenvalue weighted by molar-refractivity contribution is 6.43. The highest BCUT2D eigenvalue weighted by Gasteiger charge is 2.10. The van der Waals surface area contributed by atoms with Crippen LogP contribution in [0.4, 0.5) is 0 Å². The first-order chi connectivity index (χ1) is 18.4. The molecule has 10 heteroatoms. The molecule has 0 aliphatic carbocycles. The van der Waals surface area contributed by atoms with Gasteiger partial charge in [-0.25, -0.2) is 4.98 Å². The molecule has 0 saturated carbocycles. The van der Waals surface area contributed by atoms with E-state index < -0.39 is 0 Å². The molecule has 2 aliphatic heterocycles. The van der Waals surface area contributed by atoms with Crippen molar-refractivity contribution >= 4 is 151 Å². The van der Waals surface area contributed by atoms with Gasteiger partial charge in [-0.15, -0.1) is 0 Å². The predicted molar refractivity (Wildman–Crippen MR) is 162 cm³/mol. The van der Waals surface area contributed by atoms with Crippen LogP contribution in [0.5, 0.6) is 0 Å². The molecule has 6 nitrogen and oxygen atoms in total. The Morgan fingerprint density at radius 1 is 0.342 bits per heavy atom. The minimum atomic E-state index is 0.885. The lowest BCUT2D eigenvalue weighted by atomic mass is 10.3. The number of hydrogen-bond acceptors (Lipinski definition) is 2. The van der Waals surface area contributed by atoms with Crippen molar-refractivity contribution in [1.82, 2.24) is 29.9 Å². The number of hydrogen-bond donors (Lipinski definition) is 4. The van der Waals surface area contributed by atoms with E-state index in [2.05, 4.69) is 134 Å². The van der Waals surface area contributed by atoms with Crippen LogP contribution in [0.3, 0.4) is 0 Å². The Morgan fingerprint density at radius 3 is 1.18 bits per heavy atom. The average Bonchev–Trinajstić information content (AvgIpc) is 3.78. The summed E-state index contributed by atoms with van der Waals surface area (Å²) in [4.78, 5) is 24.0. The number of nitrogens with zero attached hydrogens (tertiary/aromatic N) is 2. The molecule has 170 valence electrons. The molecule has 5 aromatic heterocycles. The summed E-state index contributed by atoms with van der Waals surface area (Å²) in [6, 6.07) is 16.7. The molecule has 0 amide bonds. The molecule has 5 aromatic rings. The first kappa shape index (κ1) is 24.3. The maximum absolute atomic E-state index is 4.90. The van der Waals surface area contributed by atoms with Crippen molar-refractivity contribution in [3.8, 4) is 0 Å². The van der Waals surface area contributed by atoms with E-state index in [1.807, 2.05) is 24.3 Å². The van der Waals surface area contributed by atoms with Crippen LogP contribution in [-0.4, -0.2) is 95.1 Å². The quantitative estimate of drug-likeness (QED) is 0.220. The fourth-order valence-electron chi connectivity index (χ4n) is 4.71. The number of rotatable bonds is 0. The van der Waals surface area contributed by atoms with E-state index in [9.17, 15) is 0 Å². The number of aromatic amines is 4. The molecule has 0 spiro atoms. The maximum atomic E-state index is 4.90. The molecule has 4 N–H and O–H groups in total. The number of nitrogens with one attached hydrogen (secondary N) is 4. The zero-order valence-electron chi connectivity index (χ0n) is 20.1. The molecule has 7 heterocycles. The Hall–Kier alpha value is -2.71. The van der Waals surface area contributed by atoms with Crippen LogP contribution in [0.25, 0.3) is 68.4 Å². The Kier molecular flexibility index (Phi) is 6.08. The van der Waals surface area contributed by atoms with Crippen molar-refractivity contribution in [1.29, 1.82) is 0 Å². The summed E-state index contributed by atoms with van der Waals surface area (Å²) in [6.07, 6.45) is 8.16. The van der Waals surface area contributed by atoms with Gasteiger partial charge in [-0.1, -0.05) is 17.7 Å². The van der Waals surface area contributed by atoms with Gasteiger partial charge in [-0.2, -0.15) is 0 Å². The molecule has 8 radical (unpaired) electrons. The minimum absolute atomic E-state index is 0.885. The summed E-state index contributed by atoms with van der Waals surface area (Å²) in [7, 11) is 0. The second kappa shape index (κ2) is 9.49. The fraction of sp³-hybridized carbons (Fsp3) is 0. The van der Waals surface area contributed by atoms with Gasteiger partial charge in [0.15, 0.2) is 65.2 Å². The molecule has 0 unspecified atom stereocenters. The van der Waals surface area contributed by atoms with Crippen LogP contribution >= 0.6 is 0 Å². The maximum Gasteiger partial charge on any atom is 0.183 e. The molecular weight excluding hydrogens is 528 g/mol. The lowest BCUT2D eigenvalue weighted by Crippen LogP contribution is -2.12. The van der Waals surface area contributed by atoms with Gasteiger partial charge in [-0.3, -0.25) is 4.98 Å². The zero-order valence-corrected chi connectivity index (χ0v) is 24.8. The van der Waals surface area contributed by atoms with Crippen molar-refractivity contribution in [2.24, 2.45) is 0 Å². The van der Waals surface area contributed by atoms with E-state index in [0.29, 0.717) is 0 Å². The smallest absolute Gasteiger partial charge is 0.183 e. The number of fused-ring (bicyclic) bond motifs is 14. The van der Waals surface area contributed by atoms with E-state index in [0.717, 1.165) is 84.6 Å². The van der Waals surface area contributed by atoms with Gasteiger partial charge in [0.25, 0.3) is 0 Å². The highest BCUT2D eigenvalue weighted by atomic mass is 27.1. The molecule has 0 saturated heterocycles. The van der Waals surface area contributed by atoms with Crippen LogP contribution in [0.15, 0.2) is 48.5 Å². The second-order valence-electron chi connectivity index (χ2n) is 9.23. The molecule has 0 aromatic carbocycles. The summed E-state index contributed by atoms with van der Waals surface area (Å²) in [5.41, 5.74) is 11.7. The number of aromatic nitrogens is 6. The molecule has 7 rings (SSSR count). The van der Waals surface area contributed by atoms with Gasteiger partial charge >= 0.3 is 0 Å². The van der Waals surface area contributed by atoms with Crippen molar-refractivity contribution in [2.75, 3.05) is 0 Å². The largest absolute Gasteiger partial charge is 0.357 e. The molecular formula is C28H16Al4N6. The van der Waals surface area contributed by atoms with Crippen LogP contribution < -0.4 is 17.7 Å². The lowest BCUT2D eigenvalue weighted by molar-refractivity contribution is 1.31. The zero-order chi connectivity index (χ0) is 26.0. The van der Waals surface area contributed by atoms with Gasteiger partial charge in [0.1, 0.15) is 0 Å². The Bertz CT molecular complexity index is 2090. The van der Waals surface area contributed by atoms with E-state index in [-0.39, 0.29) is 0 Å². The van der Waals surface area contributed by atoms with Crippen LogP contribution in [0.1, 0.15) is 22.8 Å². The molecule has 12 bridgehead atoms. The van der Waals surface area contributed by atoms with Gasteiger partial charge in [0.05, 0.1) is 39.3 Å². The van der Waals surface area contributed by atoms with E-state index in [1.165, 1.54) is 0 Å². The van der Waals surface area contributed by atoms with E-state index in [4.69, 9.17) is 9.97 Å². The summed E-state index contributed by atoms with van der Waals surface area (Å²) >= 11 is 11.4. The molecule has 0 fully saturated rings. The monoisotopic (exact) mass is 544 g/mol. The first-order valence-corrected chi connectivity index (χ1v) is 14.3. The lowest BCUT2D eigenvalue weighted by Gasteiger charge is -1.97. The third kappa shape index (κ3) is 4.16. The third-order valence-corrected chi connectivity index (χ3v) is 9.31. The minimum Gasteiger partial charge on any atom is -0.357 e. The summed E-state index contributed by atoms with van der Waals surface area (Å²) in [6.45, 7) is 0. The normalized spacial score (nSPS) is 12.4. The standard InChI is InChI=1S/C28H16N6.4Al/c1-2-18-14-22-6-10-27(32-22)28-12-8-24(34-28)16-20-4-3-19(30-20)15-23-7-11-26(33-23)25-9-5-21(31-25)13-17(1)29-18;;;;/h1-12,29,31-33H;;;;. The highest BCUT2D eigenvalue weighted by Crippen LogP contribution is 2.17. The molecule has 38 heavy (non-hydrogen) atoms. The summed E-state index contributed by atoms with van der Waals surface area (Å²) < 4.78 is 4.08.